The predicted molar refractivity (Wildman–Crippen MR) is 44.3 cm³/mol. The Balaban J connectivity index is 2.08. The Morgan fingerprint density at radius 1 is 1.30 bits per heavy atom. The van der Waals surface area contributed by atoms with Gasteiger partial charge in [0.05, 0.1) is 11.2 Å². The minimum absolute atomic E-state index is 0.552. The van der Waals surface area contributed by atoms with Crippen molar-refractivity contribution in [2.45, 2.75) is 31.7 Å². The van der Waals surface area contributed by atoms with Gasteiger partial charge in [0.2, 0.25) is 0 Å². The Morgan fingerprint density at radius 3 is 2.70 bits per heavy atom. The number of thiocarbonyl (C=S) groups is 1. The first kappa shape index (κ1) is 6.51. The average molecular weight is 153 g/mol. The van der Waals surface area contributed by atoms with Gasteiger partial charge in [0.25, 0.3) is 0 Å². The highest BCUT2D eigenvalue weighted by Gasteiger charge is 2.39. The number of aliphatic imine (C=N–C) groups is 1. The third-order valence-electron chi connectivity index (χ3n) is 2.92. The molecule has 10 heavy (non-hydrogen) atoms. The molecule has 0 aromatic heterocycles. The van der Waals surface area contributed by atoms with Crippen LogP contribution in [-0.2, 0) is 0 Å². The van der Waals surface area contributed by atoms with Gasteiger partial charge in [-0.1, -0.05) is 6.42 Å². The van der Waals surface area contributed by atoms with Crippen LogP contribution >= 0.6 is 12.2 Å². The summed E-state index contributed by atoms with van der Waals surface area (Å²) in [6, 6.07) is 0.552. The number of fused-ring (bicyclic) bond motifs is 2. The maximum Gasteiger partial charge on any atom is 0.0633 e. The van der Waals surface area contributed by atoms with E-state index < -0.39 is 0 Å². The molecular weight excluding hydrogens is 142 g/mol. The highest BCUT2D eigenvalue weighted by molar-refractivity contribution is 7.78. The molecule has 0 aromatic rings. The first-order valence-electron chi connectivity index (χ1n) is 3.97. The number of hydrogen-bond acceptors (Lipinski definition) is 2. The van der Waals surface area contributed by atoms with Crippen molar-refractivity contribution in [2.75, 3.05) is 0 Å². The number of hydrogen-bond donors (Lipinski definition) is 0. The van der Waals surface area contributed by atoms with Crippen LogP contribution in [0.5, 0.6) is 0 Å². The summed E-state index contributed by atoms with van der Waals surface area (Å²) in [4.78, 5) is 4.17. The molecule has 1 nitrogen and oxygen atoms in total. The molecule has 2 aliphatic carbocycles. The summed E-state index contributed by atoms with van der Waals surface area (Å²) >= 11 is 4.59. The second-order valence-electron chi connectivity index (χ2n) is 3.46. The van der Waals surface area contributed by atoms with Crippen molar-refractivity contribution in [3.8, 4) is 0 Å². The van der Waals surface area contributed by atoms with Crippen molar-refractivity contribution in [2.24, 2.45) is 16.8 Å². The van der Waals surface area contributed by atoms with E-state index in [1.165, 1.54) is 25.7 Å². The molecule has 2 saturated carbocycles. The summed E-state index contributed by atoms with van der Waals surface area (Å²) in [5.41, 5.74) is 0. The Hall–Kier alpha value is -0.200. The molecule has 0 aromatic carbocycles. The summed E-state index contributed by atoms with van der Waals surface area (Å²) in [6.07, 6.45) is 5.52. The smallest absolute Gasteiger partial charge is 0.0633 e. The van der Waals surface area contributed by atoms with Crippen molar-refractivity contribution in [1.82, 2.24) is 0 Å². The molecule has 0 radical (unpaired) electrons. The molecule has 2 aliphatic rings. The molecule has 0 heterocycles. The monoisotopic (exact) mass is 153 g/mol. The third-order valence-corrected chi connectivity index (χ3v) is 3.02. The molecule has 0 unspecified atom stereocenters. The van der Waals surface area contributed by atoms with Gasteiger partial charge in [-0.25, -0.2) is 4.99 Å². The number of nitrogens with zero attached hydrogens (tertiary/aromatic N) is 1. The zero-order valence-electron chi connectivity index (χ0n) is 5.92. The largest absolute Gasteiger partial charge is 0.229 e. The van der Waals surface area contributed by atoms with Crippen LogP contribution in [0, 0.1) is 11.8 Å². The zero-order chi connectivity index (χ0) is 6.97. The van der Waals surface area contributed by atoms with Crippen LogP contribution in [0.3, 0.4) is 0 Å². The topological polar surface area (TPSA) is 12.4 Å². The van der Waals surface area contributed by atoms with Crippen molar-refractivity contribution in [1.29, 1.82) is 0 Å². The Bertz CT molecular complexity index is 184. The van der Waals surface area contributed by atoms with Gasteiger partial charge < -0.3 is 0 Å². The first-order valence-corrected chi connectivity index (χ1v) is 4.38. The lowest BCUT2D eigenvalue weighted by atomic mass is 9.96. The third kappa shape index (κ3) is 0.920. The number of rotatable bonds is 1. The van der Waals surface area contributed by atoms with E-state index in [9.17, 15) is 0 Å². The fraction of sp³-hybridized carbons (Fsp3) is 0.875. The van der Waals surface area contributed by atoms with Gasteiger partial charge >= 0.3 is 0 Å². The Labute approximate surface area is 66.5 Å². The van der Waals surface area contributed by atoms with Gasteiger partial charge in [-0.15, -0.1) is 0 Å². The summed E-state index contributed by atoms with van der Waals surface area (Å²) in [6.45, 7) is 0. The first-order chi connectivity index (χ1) is 4.90. The van der Waals surface area contributed by atoms with E-state index in [-0.39, 0.29) is 0 Å². The minimum atomic E-state index is 0.552. The predicted octanol–water partition coefficient (Wildman–Crippen LogP) is 2.28. The van der Waals surface area contributed by atoms with Crippen molar-refractivity contribution < 1.29 is 0 Å². The number of isothiocyanates is 1. The van der Waals surface area contributed by atoms with Crippen LogP contribution in [0.4, 0.5) is 0 Å². The lowest BCUT2D eigenvalue weighted by Gasteiger charge is -2.15. The Kier molecular flexibility index (Phi) is 1.59. The van der Waals surface area contributed by atoms with E-state index in [2.05, 4.69) is 22.4 Å². The van der Waals surface area contributed by atoms with E-state index in [0.29, 0.717) is 6.04 Å². The summed E-state index contributed by atoms with van der Waals surface area (Å²) in [5, 5.41) is 2.50. The van der Waals surface area contributed by atoms with Gasteiger partial charge in [-0.05, 0) is 43.3 Å². The van der Waals surface area contributed by atoms with Crippen LogP contribution in [0.2, 0.25) is 0 Å². The van der Waals surface area contributed by atoms with Crippen molar-refractivity contribution in [3.63, 3.8) is 0 Å². The fourth-order valence-corrected chi connectivity index (χ4v) is 2.57. The van der Waals surface area contributed by atoms with Gasteiger partial charge in [0.1, 0.15) is 0 Å². The molecule has 2 heteroatoms. The van der Waals surface area contributed by atoms with Crippen LogP contribution < -0.4 is 0 Å². The fourth-order valence-electron chi connectivity index (χ4n) is 2.44. The molecule has 3 atom stereocenters. The van der Waals surface area contributed by atoms with E-state index in [1.807, 2.05) is 0 Å². The van der Waals surface area contributed by atoms with E-state index in [4.69, 9.17) is 0 Å². The molecule has 0 N–H and O–H groups in total. The quantitative estimate of drug-likeness (QED) is 0.416. The average Bonchev–Trinajstić information content (AvgIpc) is 2.48. The molecule has 2 rings (SSSR count). The summed E-state index contributed by atoms with van der Waals surface area (Å²) < 4.78 is 0. The van der Waals surface area contributed by atoms with Crippen molar-refractivity contribution >= 4 is 17.4 Å². The minimum Gasteiger partial charge on any atom is -0.229 e. The molecule has 2 fully saturated rings. The van der Waals surface area contributed by atoms with Crippen molar-refractivity contribution in [3.05, 3.63) is 0 Å². The second kappa shape index (κ2) is 2.44. The maximum absolute atomic E-state index is 4.59. The lowest BCUT2D eigenvalue weighted by Crippen LogP contribution is -2.13. The SMILES string of the molecule is S=C=N[C@@H]1C[C@@H]2CC[C@H]1C2. The molecule has 0 amide bonds. The van der Waals surface area contributed by atoms with Crippen LogP contribution in [0.1, 0.15) is 25.7 Å². The molecule has 2 bridgehead atoms. The lowest BCUT2D eigenvalue weighted by molar-refractivity contribution is 0.422. The van der Waals surface area contributed by atoms with Gasteiger partial charge in [0, 0.05) is 0 Å². The van der Waals surface area contributed by atoms with Gasteiger partial charge in [-0.3, -0.25) is 0 Å². The van der Waals surface area contributed by atoms with E-state index in [0.717, 1.165) is 11.8 Å². The standard InChI is InChI=1S/C8H11NS/c10-5-9-8-4-6-1-2-7(8)3-6/h6-8H,1-4H2/t6-,7+,8-/m1/s1. The van der Waals surface area contributed by atoms with Crippen LogP contribution in [-0.4, -0.2) is 11.2 Å². The Morgan fingerprint density at radius 2 is 2.20 bits per heavy atom. The molecule has 0 aliphatic heterocycles. The maximum atomic E-state index is 4.59. The molecular formula is C8H11NS. The second-order valence-corrected chi connectivity index (χ2v) is 3.65. The summed E-state index contributed by atoms with van der Waals surface area (Å²) in [5.74, 6) is 1.84. The van der Waals surface area contributed by atoms with Crippen LogP contribution in [0.15, 0.2) is 4.99 Å². The highest BCUT2D eigenvalue weighted by Crippen LogP contribution is 2.45. The van der Waals surface area contributed by atoms with E-state index in [1.54, 1.807) is 0 Å². The normalized spacial score (nSPS) is 43.4. The van der Waals surface area contributed by atoms with Gasteiger partial charge in [0.15, 0.2) is 0 Å². The van der Waals surface area contributed by atoms with Crippen LogP contribution in [0.25, 0.3) is 0 Å². The zero-order valence-corrected chi connectivity index (χ0v) is 6.73. The molecule has 54 valence electrons. The molecule has 0 saturated heterocycles. The molecule has 0 spiro atoms. The summed E-state index contributed by atoms with van der Waals surface area (Å²) in [7, 11) is 0. The highest BCUT2D eigenvalue weighted by atomic mass is 32.1. The van der Waals surface area contributed by atoms with E-state index >= 15 is 0 Å². The van der Waals surface area contributed by atoms with Gasteiger partial charge in [-0.2, -0.15) is 0 Å².